The van der Waals surface area contributed by atoms with Crippen molar-refractivity contribution in [2.24, 2.45) is 11.7 Å². The molecule has 0 bridgehead atoms. The summed E-state index contributed by atoms with van der Waals surface area (Å²) in [7, 11) is 0. The molecule has 0 amide bonds. The summed E-state index contributed by atoms with van der Waals surface area (Å²) in [5.74, 6) is 0.591. The van der Waals surface area contributed by atoms with E-state index in [4.69, 9.17) is 10.5 Å². The second-order valence-corrected chi connectivity index (χ2v) is 6.20. The predicted molar refractivity (Wildman–Crippen MR) is 89.6 cm³/mol. The molecule has 2 rings (SSSR count). The minimum atomic E-state index is 0.244. The van der Waals surface area contributed by atoms with Gasteiger partial charge in [0.25, 0.3) is 0 Å². The van der Waals surface area contributed by atoms with Crippen molar-refractivity contribution in [1.29, 1.82) is 0 Å². The molecule has 0 spiro atoms. The van der Waals surface area contributed by atoms with Gasteiger partial charge in [-0.3, -0.25) is 0 Å². The number of nitrogens with zero attached hydrogens (tertiary/aromatic N) is 1. The quantitative estimate of drug-likeness (QED) is 0.754. The van der Waals surface area contributed by atoms with Crippen LogP contribution in [0.5, 0.6) is 0 Å². The van der Waals surface area contributed by atoms with Gasteiger partial charge in [0.2, 0.25) is 0 Å². The number of fused-ring (bicyclic) bond motifs is 1. The molecule has 116 valence electrons. The normalized spacial score (nSPS) is 13.2. The predicted octanol–water partition coefficient (Wildman–Crippen LogP) is 3.59. The number of hydrogen-bond donors (Lipinski definition) is 1. The third-order valence-electron chi connectivity index (χ3n) is 3.84. The Kier molecular flexibility index (Phi) is 5.83. The number of benzene rings is 1. The van der Waals surface area contributed by atoms with Crippen molar-refractivity contribution in [2.45, 2.75) is 46.2 Å². The van der Waals surface area contributed by atoms with Gasteiger partial charge in [0, 0.05) is 36.3 Å². The molecule has 0 aliphatic heterocycles. The first-order valence-electron chi connectivity index (χ1n) is 8.01. The molecule has 0 aliphatic carbocycles. The Labute approximate surface area is 128 Å². The maximum Gasteiger partial charge on any atom is 0.0645 e. The zero-order valence-electron chi connectivity index (χ0n) is 13.5. The van der Waals surface area contributed by atoms with Crippen LogP contribution in [-0.2, 0) is 17.7 Å². The molecule has 1 atom stereocenters. The Balaban J connectivity index is 2.07. The van der Waals surface area contributed by atoms with Crippen molar-refractivity contribution in [3.63, 3.8) is 0 Å². The Bertz CT molecular complexity index is 559. The minimum absolute atomic E-state index is 0.244. The third kappa shape index (κ3) is 4.32. The van der Waals surface area contributed by atoms with Crippen LogP contribution in [0.4, 0.5) is 0 Å². The highest BCUT2D eigenvalue weighted by atomic mass is 16.5. The standard InChI is InChI=1S/C18H28N2O/c1-4-16(19)12-15-6-5-7-18-17(15)8-9-20(18)10-11-21-13-14(2)3/h5-9,14,16H,4,10-13,19H2,1-3H3. The molecule has 1 heterocycles. The van der Waals surface area contributed by atoms with Crippen LogP contribution >= 0.6 is 0 Å². The molecule has 3 nitrogen and oxygen atoms in total. The second-order valence-electron chi connectivity index (χ2n) is 6.20. The summed E-state index contributed by atoms with van der Waals surface area (Å²) in [6.45, 7) is 8.99. The first kappa shape index (κ1) is 16.1. The van der Waals surface area contributed by atoms with Gasteiger partial charge in [-0.25, -0.2) is 0 Å². The van der Waals surface area contributed by atoms with Crippen molar-refractivity contribution in [2.75, 3.05) is 13.2 Å². The molecular weight excluding hydrogens is 260 g/mol. The Morgan fingerprint density at radius 3 is 2.76 bits per heavy atom. The maximum atomic E-state index is 6.10. The lowest BCUT2D eigenvalue weighted by atomic mass is 10.0. The van der Waals surface area contributed by atoms with Crippen molar-refractivity contribution in [3.8, 4) is 0 Å². The molecule has 3 heteroatoms. The van der Waals surface area contributed by atoms with Gasteiger partial charge in [-0.15, -0.1) is 0 Å². The van der Waals surface area contributed by atoms with E-state index in [9.17, 15) is 0 Å². The monoisotopic (exact) mass is 288 g/mol. The highest BCUT2D eigenvalue weighted by Gasteiger charge is 2.08. The molecule has 21 heavy (non-hydrogen) atoms. The number of rotatable bonds is 8. The van der Waals surface area contributed by atoms with E-state index >= 15 is 0 Å². The van der Waals surface area contributed by atoms with E-state index in [0.717, 1.165) is 32.6 Å². The lowest BCUT2D eigenvalue weighted by Gasteiger charge is -2.11. The zero-order valence-corrected chi connectivity index (χ0v) is 13.5. The van der Waals surface area contributed by atoms with E-state index in [2.05, 4.69) is 55.8 Å². The van der Waals surface area contributed by atoms with E-state index < -0.39 is 0 Å². The van der Waals surface area contributed by atoms with Gasteiger partial charge in [-0.2, -0.15) is 0 Å². The lowest BCUT2D eigenvalue weighted by Crippen LogP contribution is -2.21. The summed E-state index contributed by atoms with van der Waals surface area (Å²) in [5.41, 5.74) is 8.73. The fraction of sp³-hybridized carbons (Fsp3) is 0.556. The molecule has 0 saturated carbocycles. The van der Waals surface area contributed by atoms with Gasteiger partial charge in [-0.05, 0) is 36.5 Å². The largest absolute Gasteiger partial charge is 0.379 e. The number of ether oxygens (including phenoxy) is 1. The average Bonchev–Trinajstić information content (AvgIpc) is 2.87. The summed E-state index contributed by atoms with van der Waals surface area (Å²) in [6.07, 6.45) is 4.12. The molecule has 1 unspecified atom stereocenters. The van der Waals surface area contributed by atoms with Gasteiger partial charge in [0.15, 0.2) is 0 Å². The van der Waals surface area contributed by atoms with Gasteiger partial charge in [0.05, 0.1) is 6.61 Å². The number of hydrogen-bond acceptors (Lipinski definition) is 2. The molecule has 1 aromatic carbocycles. The van der Waals surface area contributed by atoms with Crippen LogP contribution in [0.2, 0.25) is 0 Å². The van der Waals surface area contributed by atoms with Crippen LogP contribution < -0.4 is 5.73 Å². The fourth-order valence-corrected chi connectivity index (χ4v) is 2.57. The molecule has 1 aromatic heterocycles. The Hall–Kier alpha value is -1.32. The summed E-state index contributed by atoms with van der Waals surface area (Å²) in [4.78, 5) is 0. The highest BCUT2D eigenvalue weighted by molar-refractivity contribution is 5.83. The first-order valence-corrected chi connectivity index (χ1v) is 8.01. The SMILES string of the molecule is CCC(N)Cc1cccc2c1ccn2CCOCC(C)C. The van der Waals surface area contributed by atoms with E-state index in [1.165, 1.54) is 16.5 Å². The van der Waals surface area contributed by atoms with Crippen LogP contribution in [0.15, 0.2) is 30.5 Å². The zero-order chi connectivity index (χ0) is 15.2. The first-order chi connectivity index (χ1) is 10.1. The lowest BCUT2D eigenvalue weighted by molar-refractivity contribution is 0.104. The van der Waals surface area contributed by atoms with Crippen LogP contribution in [0.25, 0.3) is 10.9 Å². The van der Waals surface area contributed by atoms with E-state index in [-0.39, 0.29) is 6.04 Å². The van der Waals surface area contributed by atoms with E-state index in [1.807, 2.05) is 0 Å². The van der Waals surface area contributed by atoms with Gasteiger partial charge in [-0.1, -0.05) is 32.9 Å². The number of nitrogens with two attached hydrogens (primary N) is 1. The topological polar surface area (TPSA) is 40.2 Å². The molecule has 0 saturated heterocycles. The summed E-state index contributed by atoms with van der Waals surface area (Å²) in [5, 5.41) is 1.32. The maximum absolute atomic E-state index is 6.10. The van der Waals surface area contributed by atoms with Crippen LogP contribution in [-0.4, -0.2) is 23.8 Å². The summed E-state index contributed by atoms with van der Waals surface area (Å²) < 4.78 is 7.96. The molecule has 2 aromatic rings. The molecule has 0 fully saturated rings. The fourth-order valence-electron chi connectivity index (χ4n) is 2.57. The molecular formula is C18H28N2O. The Morgan fingerprint density at radius 2 is 2.05 bits per heavy atom. The molecule has 0 aliphatic rings. The van der Waals surface area contributed by atoms with Gasteiger partial charge in [0.1, 0.15) is 0 Å². The second kappa shape index (κ2) is 7.62. The smallest absolute Gasteiger partial charge is 0.0645 e. The highest BCUT2D eigenvalue weighted by Crippen LogP contribution is 2.21. The van der Waals surface area contributed by atoms with Crippen molar-refractivity contribution in [3.05, 3.63) is 36.0 Å². The van der Waals surface area contributed by atoms with Gasteiger partial charge >= 0.3 is 0 Å². The van der Waals surface area contributed by atoms with Crippen molar-refractivity contribution < 1.29 is 4.74 Å². The summed E-state index contributed by atoms with van der Waals surface area (Å²) in [6, 6.07) is 8.95. The third-order valence-corrected chi connectivity index (χ3v) is 3.84. The van der Waals surface area contributed by atoms with Crippen molar-refractivity contribution in [1.82, 2.24) is 4.57 Å². The van der Waals surface area contributed by atoms with Crippen LogP contribution in [0.3, 0.4) is 0 Å². The number of aromatic nitrogens is 1. The van der Waals surface area contributed by atoms with E-state index in [0.29, 0.717) is 5.92 Å². The minimum Gasteiger partial charge on any atom is -0.379 e. The van der Waals surface area contributed by atoms with Gasteiger partial charge < -0.3 is 15.0 Å². The Morgan fingerprint density at radius 1 is 1.24 bits per heavy atom. The van der Waals surface area contributed by atoms with E-state index in [1.54, 1.807) is 0 Å². The average molecular weight is 288 g/mol. The van der Waals surface area contributed by atoms with Crippen molar-refractivity contribution >= 4 is 10.9 Å². The van der Waals surface area contributed by atoms with Crippen LogP contribution in [0.1, 0.15) is 32.8 Å². The van der Waals surface area contributed by atoms with Crippen LogP contribution in [0, 0.1) is 5.92 Å². The molecule has 2 N–H and O–H groups in total. The summed E-state index contributed by atoms with van der Waals surface area (Å²) >= 11 is 0. The molecule has 0 radical (unpaired) electrons.